The molecule has 1 atom stereocenters. The van der Waals surface area contributed by atoms with Gasteiger partial charge >= 0.3 is 37.9 Å². The molecule has 0 saturated carbocycles. The van der Waals surface area contributed by atoms with Crippen LogP contribution in [0.5, 0.6) is 0 Å². The van der Waals surface area contributed by atoms with Crippen LogP contribution in [0.15, 0.2) is 48.5 Å². The summed E-state index contributed by atoms with van der Waals surface area (Å²) in [7, 11) is 9.87. The van der Waals surface area contributed by atoms with Crippen molar-refractivity contribution in [1.82, 2.24) is 0 Å². The van der Waals surface area contributed by atoms with E-state index >= 15 is 0 Å². The molecule has 0 amide bonds. The van der Waals surface area contributed by atoms with Crippen LogP contribution in [-0.2, 0) is 27.3 Å². The summed E-state index contributed by atoms with van der Waals surface area (Å²) in [5, 5.41) is 0. The van der Waals surface area contributed by atoms with Gasteiger partial charge in [0.2, 0.25) is 0 Å². The van der Waals surface area contributed by atoms with E-state index in [9.17, 15) is 0 Å². The van der Waals surface area contributed by atoms with Crippen molar-refractivity contribution < 1.29 is 20.8 Å². The normalized spacial score (nSPS) is 15.8. The maximum atomic E-state index is 4.93. The van der Waals surface area contributed by atoms with Crippen LogP contribution in [0.1, 0.15) is 18.1 Å². The summed E-state index contributed by atoms with van der Waals surface area (Å²) in [5.41, 5.74) is 5.68. The molecule has 0 aliphatic heterocycles. The van der Waals surface area contributed by atoms with Gasteiger partial charge in [-0.3, -0.25) is 0 Å². The van der Waals surface area contributed by atoms with Crippen molar-refractivity contribution >= 4 is 17.0 Å². The number of hydrogen-bond donors (Lipinski definition) is 0. The average molecular weight is 369 g/mol. The Hall–Kier alpha value is -0.227. The number of hydrogen-bond acceptors (Lipinski definition) is 0. The van der Waals surface area contributed by atoms with E-state index in [0.717, 1.165) is 0 Å². The van der Waals surface area contributed by atoms with Crippen molar-refractivity contribution in [2.45, 2.75) is 13.3 Å². The SMILES string of the molecule is CC1[CH-]c2cccc(-c3ccccc3)c2C1.[Cl][Zr][Cl]. The molecule has 0 heterocycles. The maximum absolute atomic E-state index is 4.93. The predicted molar refractivity (Wildman–Crippen MR) is 79.9 cm³/mol. The second-order valence-corrected chi connectivity index (χ2v) is 8.39. The van der Waals surface area contributed by atoms with Gasteiger partial charge in [-0.1, -0.05) is 61.2 Å². The number of benzene rings is 2. The molecule has 3 rings (SSSR count). The van der Waals surface area contributed by atoms with Crippen LogP contribution < -0.4 is 0 Å². The summed E-state index contributed by atoms with van der Waals surface area (Å²) in [6.45, 7) is 2.29. The molecule has 1 aliphatic rings. The van der Waals surface area contributed by atoms with Crippen LogP contribution in [-0.4, -0.2) is 0 Å². The molecule has 0 saturated heterocycles. The van der Waals surface area contributed by atoms with Gasteiger partial charge in [0, 0.05) is 0 Å². The van der Waals surface area contributed by atoms with Crippen molar-refractivity contribution in [2.24, 2.45) is 5.92 Å². The molecule has 0 N–H and O–H groups in total. The molecule has 0 radical (unpaired) electrons. The molecule has 0 fully saturated rings. The number of halogens is 2. The van der Waals surface area contributed by atoms with Gasteiger partial charge in [-0.25, -0.2) is 0 Å². The first kappa shape index (κ1) is 15.2. The van der Waals surface area contributed by atoms with Gasteiger partial charge in [0.1, 0.15) is 0 Å². The molecule has 0 nitrogen and oxygen atoms in total. The Morgan fingerprint density at radius 1 is 1.05 bits per heavy atom. The van der Waals surface area contributed by atoms with E-state index < -0.39 is 20.8 Å². The number of rotatable bonds is 1. The summed E-state index contributed by atoms with van der Waals surface area (Å²) in [4.78, 5) is 0. The van der Waals surface area contributed by atoms with Gasteiger partial charge in [-0.05, 0) is 5.56 Å². The van der Waals surface area contributed by atoms with E-state index in [2.05, 4.69) is 61.9 Å². The fourth-order valence-corrected chi connectivity index (χ4v) is 2.56. The Kier molecular flexibility index (Phi) is 6.01. The van der Waals surface area contributed by atoms with Crippen LogP contribution in [0.25, 0.3) is 11.1 Å². The first-order valence-electron chi connectivity index (χ1n) is 6.24. The molecule has 1 unspecified atom stereocenters. The van der Waals surface area contributed by atoms with E-state index in [4.69, 9.17) is 17.0 Å². The topological polar surface area (TPSA) is 0 Å². The number of fused-ring (bicyclic) bond motifs is 1. The predicted octanol–water partition coefficient (Wildman–Crippen LogP) is 5.47. The Balaban J connectivity index is 0.000000408. The standard InChI is InChI=1S/C16H15.2ClH.Zr/c1-12-10-14-8-5-9-15(16(14)11-12)13-6-3-2-4-7-13;;;/h2-10,12H,11H2,1H3;2*1H;/q-1;;;+2/p-2. The summed E-state index contributed by atoms with van der Waals surface area (Å²) in [5.74, 6) is 0.680. The molecule has 2 aromatic carbocycles. The van der Waals surface area contributed by atoms with Gasteiger partial charge in [0.25, 0.3) is 0 Å². The zero-order chi connectivity index (χ0) is 13.7. The Morgan fingerprint density at radius 2 is 1.74 bits per heavy atom. The quantitative estimate of drug-likeness (QED) is 0.585. The third-order valence-electron chi connectivity index (χ3n) is 3.29. The second-order valence-electron chi connectivity index (χ2n) is 4.66. The summed E-state index contributed by atoms with van der Waals surface area (Å²) in [6, 6.07) is 17.3. The van der Waals surface area contributed by atoms with Crippen LogP contribution in [0.3, 0.4) is 0 Å². The summed E-state index contributed by atoms with van der Waals surface area (Å²) < 4.78 is 0. The van der Waals surface area contributed by atoms with Crippen LogP contribution in [0.4, 0.5) is 0 Å². The first-order chi connectivity index (χ1) is 9.26. The van der Waals surface area contributed by atoms with Gasteiger partial charge in [-0.15, -0.1) is 11.6 Å². The van der Waals surface area contributed by atoms with Crippen molar-refractivity contribution in [2.75, 3.05) is 0 Å². The fraction of sp³-hybridized carbons (Fsp3) is 0.188. The molecule has 0 bridgehead atoms. The molecule has 2 aromatic rings. The minimum atomic E-state index is -0.826. The summed E-state index contributed by atoms with van der Waals surface area (Å²) in [6.07, 6.45) is 3.56. The molecule has 98 valence electrons. The molecular weight excluding hydrogens is 354 g/mol. The molecular formula is C16H15Cl2Zr-. The van der Waals surface area contributed by atoms with Gasteiger partial charge in [-0.2, -0.15) is 18.1 Å². The van der Waals surface area contributed by atoms with Crippen molar-refractivity contribution in [3.05, 3.63) is 66.1 Å². The molecule has 0 spiro atoms. The van der Waals surface area contributed by atoms with Gasteiger partial charge < -0.3 is 0 Å². The average Bonchev–Trinajstić information content (AvgIpc) is 2.80. The van der Waals surface area contributed by atoms with Crippen LogP contribution in [0.2, 0.25) is 0 Å². The Bertz CT molecular complexity index is 526. The fourth-order valence-electron chi connectivity index (χ4n) is 2.56. The zero-order valence-electron chi connectivity index (χ0n) is 10.7. The van der Waals surface area contributed by atoms with Crippen LogP contribution in [0, 0.1) is 12.3 Å². The monoisotopic (exact) mass is 367 g/mol. The first-order valence-corrected chi connectivity index (χ1v) is 12.6. The Morgan fingerprint density at radius 3 is 2.42 bits per heavy atom. The van der Waals surface area contributed by atoms with E-state index in [-0.39, 0.29) is 0 Å². The van der Waals surface area contributed by atoms with E-state index in [1.807, 2.05) is 0 Å². The van der Waals surface area contributed by atoms with E-state index in [0.29, 0.717) is 5.92 Å². The van der Waals surface area contributed by atoms with Crippen molar-refractivity contribution in [3.8, 4) is 11.1 Å². The third-order valence-corrected chi connectivity index (χ3v) is 3.29. The second kappa shape index (κ2) is 7.53. The van der Waals surface area contributed by atoms with Crippen LogP contribution >= 0.6 is 17.0 Å². The molecule has 3 heteroatoms. The van der Waals surface area contributed by atoms with Gasteiger partial charge in [0.15, 0.2) is 0 Å². The third kappa shape index (κ3) is 3.88. The van der Waals surface area contributed by atoms with E-state index in [1.165, 1.54) is 28.7 Å². The molecule has 1 aliphatic carbocycles. The van der Waals surface area contributed by atoms with Gasteiger partial charge in [0.05, 0.1) is 0 Å². The van der Waals surface area contributed by atoms with Crippen molar-refractivity contribution in [1.29, 1.82) is 0 Å². The molecule has 0 aromatic heterocycles. The summed E-state index contributed by atoms with van der Waals surface area (Å²) >= 11 is -0.826. The minimum absolute atomic E-state index is 0.680. The zero-order valence-corrected chi connectivity index (χ0v) is 14.7. The molecule has 19 heavy (non-hydrogen) atoms. The Labute approximate surface area is 133 Å². The van der Waals surface area contributed by atoms with Crippen molar-refractivity contribution in [3.63, 3.8) is 0 Å². The van der Waals surface area contributed by atoms with E-state index in [1.54, 1.807) is 0 Å².